The molecule has 1 amide bonds. The summed E-state index contributed by atoms with van der Waals surface area (Å²) < 4.78 is 0. The zero-order valence-electron chi connectivity index (χ0n) is 10.1. The number of aryl methyl sites for hydroxylation is 1. The lowest BCUT2D eigenvalue weighted by molar-refractivity contribution is -0.119. The average molecular weight is 235 g/mol. The van der Waals surface area contributed by atoms with Crippen LogP contribution in [0.3, 0.4) is 0 Å². The van der Waals surface area contributed by atoms with Gasteiger partial charge in [-0.1, -0.05) is 0 Å². The summed E-state index contributed by atoms with van der Waals surface area (Å²) in [7, 11) is 1.77. The van der Waals surface area contributed by atoms with Crippen molar-refractivity contribution in [1.82, 2.24) is 9.97 Å². The monoisotopic (exact) mass is 235 g/mol. The normalized spacial score (nSPS) is 19.4. The van der Waals surface area contributed by atoms with Crippen LogP contribution in [-0.4, -0.2) is 35.5 Å². The molecular formula is C11H17N5O. The number of carbonyl (C=O) groups is 1. The summed E-state index contributed by atoms with van der Waals surface area (Å²) in [5.41, 5.74) is 6.26. The molecule has 2 heterocycles. The van der Waals surface area contributed by atoms with Crippen LogP contribution < -0.4 is 16.0 Å². The van der Waals surface area contributed by atoms with Gasteiger partial charge in [-0.15, -0.1) is 0 Å². The number of anilines is 2. The molecule has 0 aliphatic carbocycles. The molecule has 0 aromatic carbocycles. The smallest absolute Gasteiger partial charge is 0.240 e. The van der Waals surface area contributed by atoms with Crippen LogP contribution in [0.1, 0.15) is 18.5 Å². The Balaban J connectivity index is 2.32. The van der Waals surface area contributed by atoms with Crippen molar-refractivity contribution in [2.24, 2.45) is 5.73 Å². The minimum Gasteiger partial charge on any atom is -0.368 e. The van der Waals surface area contributed by atoms with Gasteiger partial charge in [0.2, 0.25) is 11.9 Å². The molecule has 0 saturated carbocycles. The zero-order chi connectivity index (χ0) is 12.4. The molecule has 1 aromatic rings. The average Bonchev–Trinajstić information content (AvgIpc) is 2.77. The molecule has 92 valence electrons. The molecule has 1 unspecified atom stereocenters. The van der Waals surface area contributed by atoms with Crippen LogP contribution in [0.4, 0.5) is 11.8 Å². The van der Waals surface area contributed by atoms with Gasteiger partial charge in [0, 0.05) is 25.4 Å². The quantitative estimate of drug-likeness (QED) is 0.786. The topological polar surface area (TPSA) is 84.1 Å². The largest absolute Gasteiger partial charge is 0.368 e. The number of hydrogen-bond acceptors (Lipinski definition) is 5. The number of nitrogens with one attached hydrogen (secondary N) is 1. The fourth-order valence-electron chi connectivity index (χ4n) is 2.15. The second-order valence-electron chi connectivity index (χ2n) is 4.19. The van der Waals surface area contributed by atoms with Crippen LogP contribution in [0, 0.1) is 6.92 Å². The maximum Gasteiger partial charge on any atom is 0.240 e. The van der Waals surface area contributed by atoms with Crippen molar-refractivity contribution in [3.63, 3.8) is 0 Å². The molecule has 1 atom stereocenters. The zero-order valence-corrected chi connectivity index (χ0v) is 10.1. The molecule has 17 heavy (non-hydrogen) atoms. The van der Waals surface area contributed by atoms with Gasteiger partial charge in [0.05, 0.1) is 0 Å². The Kier molecular flexibility index (Phi) is 3.12. The van der Waals surface area contributed by atoms with E-state index in [1.54, 1.807) is 7.05 Å². The third kappa shape index (κ3) is 2.30. The number of aromatic nitrogens is 2. The lowest BCUT2D eigenvalue weighted by Gasteiger charge is -2.23. The summed E-state index contributed by atoms with van der Waals surface area (Å²) in [5, 5.41) is 2.91. The lowest BCUT2D eigenvalue weighted by atomic mass is 10.2. The van der Waals surface area contributed by atoms with Gasteiger partial charge in [-0.3, -0.25) is 4.79 Å². The molecule has 0 bridgehead atoms. The predicted molar refractivity (Wildman–Crippen MR) is 65.9 cm³/mol. The fraction of sp³-hybridized carbons (Fsp3) is 0.545. The minimum atomic E-state index is -0.287. The molecule has 0 radical (unpaired) electrons. The fourth-order valence-corrected chi connectivity index (χ4v) is 2.15. The highest BCUT2D eigenvalue weighted by Gasteiger charge is 2.30. The highest BCUT2D eigenvalue weighted by molar-refractivity contribution is 5.84. The highest BCUT2D eigenvalue weighted by Crippen LogP contribution is 2.24. The van der Waals surface area contributed by atoms with Crippen molar-refractivity contribution < 1.29 is 4.79 Å². The van der Waals surface area contributed by atoms with Crippen LogP contribution in [0.15, 0.2) is 6.07 Å². The Labute approximate surface area is 100 Å². The Hall–Kier alpha value is -1.85. The van der Waals surface area contributed by atoms with E-state index in [-0.39, 0.29) is 11.9 Å². The van der Waals surface area contributed by atoms with Crippen molar-refractivity contribution in [2.75, 3.05) is 23.8 Å². The Morgan fingerprint density at radius 1 is 1.59 bits per heavy atom. The lowest BCUT2D eigenvalue weighted by Crippen LogP contribution is -2.40. The first-order chi connectivity index (χ1) is 8.11. The van der Waals surface area contributed by atoms with Crippen LogP contribution in [0.25, 0.3) is 0 Å². The molecule has 1 saturated heterocycles. The maximum absolute atomic E-state index is 11.3. The summed E-state index contributed by atoms with van der Waals surface area (Å²) in [6.45, 7) is 2.72. The maximum atomic E-state index is 11.3. The van der Waals surface area contributed by atoms with E-state index in [2.05, 4.69) is 15.3 Å². The third-order valence-electron chi connectivity index (χ3n) is 2.94. The van der Waals surface area contributed by atoms with E-state index >= 15 is 0 Å². The second kappa shape index (κ2) is 4.57. The van der Waals surface area contributed by atoms with Crippen molar-refractivity contribution >= 4 is 17.7 Å². The number of amides is 1. The van der Waals surface area contributed by atoms with Gasteiger partial charge < -0.3 is 16.0 Å². The standard InChI is InChI=1S/C11H17N5O/c1-7-6-9(15-11(13-2)14-7)16-5-3-4-8(16)10(12)17/h6,8H,3-5H2,1-2H3,(H2,12,17)(H,13,14,15). The van der Waals surface area contributed by atoms with Gasteiger partial charge in [-0.05, 0) is 19.8 Å². The molecule has 1 aromatic heterocycles. The molecule has 2 rings (SSSR count). The van der Waals surface area contributed by atoms with Gasteiger partial charge in [-0.2, -0.15) is 4.98 Å². The number of primary amides is 1. The first-order valence-electron chi connectivity index (χ1n) is 5.71. The second-order valence-corrected chi connectivity index (χ2v) is 4.19. The molecule has 0 spiro atoms. The number of hydrogen-bond donors (Lipinski definition) is 2. The van der Waals surface area contributed by atoms with E-state index in [9.17, 15) is 4.79 Å². The number of carbonyl (C=O) groups excluding carboxylic acids is 1. The van der Waals surface area contributed by atoms with Crippen molar-refractivity contribution in [1.29, 1.82) is 0 Å². The molecular weight excluding hydrogens is 218 g/mol. The summed E-state index contributed by atoms with van der Waals surface area (Å²) in [6.07, 6.45) is 1.76. The summed E-state index contributed by atoms with van der Waals surface area (Å²) >= 11 is 0. The van der Waals surface area contributed by atoms with Gasteiger partial charge in [0.15, 0.2) is 0 Å². The Morgan fingerprint density at radius 3 is 3.00 bits per heavy atom. The van der Waals surface area contributed by atoms with Gasteiger partial charge in [-0.25, -0.2) is 4.98 Å². The number of nitrogens with zero attached hydrogens (tertiary/aromatic N) is 3. The highest BCUT2D eigenvalue weighted by atomic mass is 16.1. The molecule has 6 nitrogen and oxygen atoms in total. The van der Waals surface area contributed by atoms with E-state index in [4.69, 9.17) is 5.73 Å². The van der Waals surface area contributed by atoms with Gasteiger partial charge >= 0.3 is 0 Å². The molecule has 1 aliphatic rings. The molecule has 1 fully saturated rings. The summed E-state index contributed by atoms with van der Waals surface area (Å²) in [4.78, 5) is 21.9. The summed E-state index contributed by atoms with van der Waals surface area (Å²) in [5.74, 6) is 1.04. The third-order valence-corrected chi connectivity index (χ3v) is 2.94. The first-order valence-corrected chi connectivity index (χ1v) is 5.71. The minimum absolute atomic E-state index is 0.242. The predicted octanol–water partition coefficient (Wildman–Crippen LogP) is 0.281. The van der Waals surface area contributed by atoms with Crippen LogP contribution in [0.5, 0.6) is 0 Å². The first kappa shape index (κ1) is 11.6. The summed E-state index contributed by atoms with van der Waals surface area (Å²) in [6, 6.07) is 1.64. The van der Waals surface area contributed by atoms with Crippen LogP contribution in [-0.2, 0) is 4.79 Å². The molecule has 3 N–H and O–H groups in total. The number of nitrogens with two attached hydrogens (primary N) is 1. The van der Waals surface area contributed by atoms with Crippen LogP contribution in [0.2, 0.25) is 0 Å². The SMILES string of the molecule is CNc1nc(C)cc(N2CCCC2C(N)=O)n1. The van der Waals surface area contributed by atoms with E-state index < -0.39 is 0 Å². The van der Waals surface area contributed by atoms with Crippen LogP contribution >= 0.6 is 0 Å². The van der Waals surface area contributed by atoms with E-state index in [0.29, 0.717) is 5.95 Å². The van der Waals surface area contributed by atoms with Gasteiger partial charge in [0.25, 0.3) is 0 Å². The van der Waals surface area contributed by atoms with Gasteiger partial charge in [0.1, 0.15) is 11.9 Å². The Bertz CT molecular complexity index is 434. The van der Waals surface area contributed by atoms with Crippen molar-refractivity contribution in [2.45, 2.75) is 25.8 Å². The van der Waals surface area contributed by atoms with E-state index in [0.717, 1.165) is 30.9 Å². The van der Waals surface area contributed by atoms with Crippen molar-refractivity contribution in [3.05, 3.63) is 11.8 Å². The number of rotatable bonds is 3. The van der Waals surface area contributed by atoms with E-state index in [1.165, 1.54) is 0 Å². The Morgan fingerprint density at radius 2 is 2.35 bits per heavy atom. The van der Waals surface area contributed by atoms with E-state index in [1.807, 2.05) is 17.9 Å². The molecule has 1 aliphatic heterocycles. The molecule has 6 heteroatoms. The van der Waals surface area contributed by atoms with Crippen molar-refractivity contribution in [3.8, 4) is 0 Å².